The Morgan fingerprint density at radius 1 is 1.14 bits per heavy atom. The van der Waals surface area contributed by atoms with Crippen LogP contribution in [0.1, 0.15) is 48.9 Å². The van der Waals surface area contributed by atoms with Crippen molar-refractivity contribution >= 4 is 5.97 Å². The highest BCUT2D eigenvalue weighted by molar-refractivity contribution is 5.69. The summed E-state index contributed by atoms with van der Waals surface area (Å²) >= 11 is 0. The lowest BCUT2D eigenvalue weighted by Gasteiger charge is -2.33. The molecule has 2 aromatic carbocycles. The molecule has 1 atom stereocenters. The fraction of sp³-hybridized carbons (Fsp3) is 0.435. The minimum Gasteiger partial charge on any atom is -0.466 e. The monoisotopic (exact) mass is 405 g/mol. The second-order valence-electron chi connectivity index (χ2n) is 7.43. The van der Waals surface area contributed by atoms with E-state index in [9.17, 15) is 18.0 Å². The molecule has 0 bridgehead atoms. The Bertz CT molecular complexity index is 846. The Kier molecular flexibility index (Phi) is 6.63. The minimum absolute atomic E-state index is 0.183. The Labute approximate surface area is 169 Å². The molecule has 3 rings (SSSR count). The molecule has 0 aliphatic heterocycles. The van der Waals surface area contributed by atoms with Crippen LogP contribution in [0.25, 0.3) is 11.1 Å². The molecule has 29 heavy (non-hydrogen) atoms. The van der Waals surface area contributed by atoms with Crippen LogP contribution >= 0.6 is 0 Å². The van der Waals surface area contributed by atoms with Crippen LogP contribution < -0.4 is 0 Å². The predicted octanol–water partition coefficient (Wildman–Crippen LogP) is 5.63. The molecule has 0 aromatic heterocycles. The lowest BCUT2D eigenvalue weighted by atomic mass is 9.85. The van der Waals surface area contributed by atoms with Crippen molar-refractivity contribution in [2.45, 2.75) is 44.8 Å². The van der Waals surface area contributed by atoms with Crippen LogP contribution in [-0.4, -0.2) is 31.1 Å². The molecule has 6 heteroatoms. The lowest BCUT2D eigenvalue weighted by Crippen LogP contribution is -2.30. The first kappa shape index (κ1) is 21.4. The Hall–Kier alpha value is -2.34. The Balaban J connectivity index is 1.81. The number of carbonyl (C=O) groups excluding carboxylic acids is 1. The zero-order valence-electron chi connectivity index (χ0n) is 16.8. The number of hydrogen-bond acceptors (Lipinski definition) is 3. The van der Waals surface area contributed by atoms with Gasteiger partial charge in [0.05, 0.1) is 18.6 Å². The molecule has 156 valence electrons. The number of esters is 1. The highest BCUT2D eigenvalue weighted by atomic mass is 19.4. The number of rotatable bonds is 6. The molecule has 1 aliphatic rings. The molecule has 0 N–H and O–H groups in total. The first-order valence-electron chi connectivity index (χ1n) is 9.96. The van der Waals surface area contributed by atoms with E-state index in [4.69, 9.17) is 4.74 Å². The van der Waals surface area contributed by atoms with Crippen molar-refractivity contribution in [3.05, 3.63) is 59.2 Å². The van der Waals surface area contributed by atoms with Crippen molar-refractivity contribution in [1.82, 2.24) is 4.90 Å². The van der Waals surface area contributed by atoms with Crippen molar-refractivity contribution < 1.29 is 22.7 Å². The predicted molar refractivity (Wildman–Crippen MR) is 106 cm³/mol. The van der Waals surface area contributed by atoms with Crippen LogP contribution in [0.5, 0.6) is 0 Å². The number of nitrogens with zero attached hydrogens (tertiary/aromatic N) is 1. The van der Waals surface area contributed by atoms with Gasteiger partial charge in [-0.3, -0.25) is 9.69 Å². The number of ether oxygens (including phenoxy) is 1. The number of carbonyl (C=O) groups is 1. The summed E-state index contributed by atoms with van der Waals surface area (Å²) < 4.78 is 43.5. The van der Waals surface area contributed by atoms with Gasteiger partial charge in [-0.25, -0.2) is 0 Å². The second kappa shape index (κ2) is 8.99. The van der Waals surface area contributed by atoms with Crippen molar-refractivity contribution in [2.24, 2.45) is 0 Å². The smallest absolute Gasteiger partial charge is 0.416 e. The molecule has 2 aromatic rings. The van der Waals surface area contributed by atoms with Crippen LogP contribution in [0.3, 0.4) is 0 Å². The largest absolute Gasteiger partial charge is 0.466 e. The van der Waals surface area contributed by atoms with E-state index < -0.39 is 11.7 Å². The zero-order chi connectivity index (χ0) is 21.0. The maximum atomic E-state index is 12.8. The Morgan fingerprint density at radius 2 is 1.83 bits per heavy atom. The number of aryl methyl sites for hydroxylation is 1. The molecule has 0 saturated heterocycles. The summed E-state index contributed by atoms with van der Waals surface area (Å²) in [7, 11) is 2.00. The summed E-state index contributed by atoms with van der Waals surface area (Å²) in [6.45, 7) is 2.78. The van der Waals surface area contributed by atoms with E-state index in [1.165, 1.54) is 23.3 Å². The lowest BCUT2D eigenvalue weighted by molar-refractivity contribution is -0.143. The molecular formula is C23H26F3NO2. The van der Waals surface area contributed by atoms with Crippen LogP contribution in [0.2, 0.25) is 0 Å². The summed E-state index contributed by atoms with van der Waals surface area (Å²) in [6, 6.07) is 11.6. The van der Waals surface area contributed by atoms with E-state index in [1.807, 2.05) is 13.1 Å². The molecule has 0 spiro atoms. The SMILES string of the molecule is CCOC(=O)CCN(C)C1CCCc2ccc(-c3ccc(C(F)(F)F)cc3)cc21. The summed E-state index contributed by atoms with van der Waals surface area (Å²) in [6.07, 6.45) is -0.940. The number of fused-ring (bicyclic) bond motifs is 1. The fourth-order valence-corrected chi connectivity index (χ4v) is 3.92. The maximum absolute atomic E-state index is 12.8. The van der Waals surface area contributed by atoms with Gasteiger partial charge in [0.1, 0.15) is 0 Å². The van der Waals surface area contributed by atoms with Crippen molar-refractivity contribution in [1.29, 1.82) is 0 Å². The van der Waals surface area contributed by atoms with E-state index in [0.717, 1.165) is 42.5 Å². The third kappa shape index (κ3) is 5.18. The van der Waals surface area contributed by atoms with Crippen LogP contribution in [0.15, 0.2) is 42.5 Å². The molecule has 3 nitrogen and oxygen atoms in total. The highest BCUT2D eigenvalue weighted by Gasteiger charge is 2.30. The van der Waals surface area contributed by atoms with E-state index in [-0.39, 0.29) is 12.0 Å². The van der Waals surface area contributed by atoms with Gasteiger partial charge in [0.2, 0.25) is 0 Å². The van der Waals surface area contributed by atoms with E-state index in [2.05, 4.69) is 17.0 Å². The van der Waals surface area contributed by atoms with Gasteiger partial charge in [-0.15, -0.1) is 0 Å². The normalized spacial score (nSPS) is 16.6. The third-order valence-corrected chi connectivity index (χ3v) is 5.48. The van der Waals surface area contributed by atoms with Gasteiger partial charge in [-0.05, 0) is 73.7 Å². The quantitative estimate of drug-likeness (QED) is 0.583. The van der Waals surface area contributed by atoms with E-state index >= 15 is 0 Å². The maximum Gasteiger partial charge on any atom is 0.416 e. The number of alkyl halides is 3. The first-order valence-corrected chi connectivity index (χ1v) is 9.96. The summed E-state index contributed by atoms with van der Waals surface area (Å²) in [5, 5.41) is 0. The summed E-state index contributed by atoms with van der Waals surface area (Å²) in [5.74, 6) is -0.200. The zero-order valence-corrected chi connectivity index (χ0v) is 16.8. The third-order valence-electron chi connectivity index (χ3n) is 5.48. The van der Waals surface area contributed by atoms with Gasteiger partial charge in [0, 0.05) is 12.6 Å². The Morgan fingerprint density at radius 3 is 2.48 bits per heavy atom. The topological polar surface area (TPSA) is 29.5 Å². The summed E-state index contributed by atoms with van der Waals surface area (Å²) in [5.41, 5.74) is 3.48. The van der Waals surface area contributed by atoms with Crippen molar-refractivity contribution in [2.75, 3.05) is 20.2 Å². The van der Waals surface area contributed by atoms with Gasteiger partial charge in [0.15, 0.2) is 0 Å². The van der Waals surface area contributed by atoms with E-state index in [1.54, 1.807) is 6.92 Å². The molecule has 0 saturated carbocycles. The van der Waals surface area contributed by atoms with Gasteiger partial charge in [-0.2, -0.15) is 13.2 Å². The molecule has 0 amide bonds. The number of benzene rings is 2. The standard InChI is InChI=1S/C23H26F3NO2/c1-3-29-22(28)13-14-27(2)21-6-4-5-17-7-8-18(15-20(17)21)16-9-11-19(12-10-16)23(24,25)26/h7-12,15,21H,3-6,13-14H2,1-2H3. The molecular weight excluding hydrogens is 379 g/mol. The second-order valence-corrected chi connectivity index (χ2v) is 7.43. The average molecular weight is 405 g/mol. The van der Waals surface area contributed by atoms with Crippen molar-refractivity contribution in [3.8, 4) is 11.1 Å². The van der Waals surface area contributed by atoms with Crippen LogP contribution in [0, 0.1) is 0 Å². The average Bonchev–Trinajstić information content (AvgIpc) is 2.71. The van der Waals surface area contributed by atoms with Crippen LogP contribution in [0.4, 0.5) is 13.2 Å². The molecule has 0 radical (unpaired) electrons. The van der Waals surface area contributed by atoms with E-state index in [0.29, 0.717) is 19.6 Å². The molecule has 1 aliphatic carbocycles. The first-order chi connectivity index (χ1) is 13.8. The number of hydrogen-bond donors (Lipinski definition) is 0. The van der Waals surface area contributed by atoms with Gasteiger partial charge < -0.3 is 4.74 Å². The molecule has 1 unspecified atom stereocenters. The fourth-order valence-electron chi connectivity index (χ4n) is 3.92. The van der Waals surface area contributed by atoms with Crippen LogP contribution in [-0.2, 0) is 22.1 Å². The van der Waals surface area contributed by atoms with Gasteiger partial charge in [0.25, 0.3) is 0 Å². The molecule has 0 heterocycles. The van der Waals surface area contributed by atoms with Crippen molar-refractivity contribution in [3.63, 3.8) is 0 Å². The van der Waals surface area contributed by atoms with Gasteiger partial charge in [-0.1, -0.05) is 24.3 Å². The highest BCUT2D eigenvalue weighted by Crippen LogP contribution is 2.37. The van der Waals surface area contributed by atoms with Gasteiger partial charge >= 0.3 is 12.1 Å². The summed E-state index contributed by atoms with van der Waals surface area (Å²) in [4.78, 5) is 13.9. The molecule has 0 fully saturated rings. The number of halogens is 3. The minimum atomic E-state index is -4.33.